The summed E-state index contributed by atoms with van der Waals surface area (Å²) in [5, 5.41) is 5.57. The fourth-order valence-electron chi connectivity index (χ4n) is 2.47. The van der Waals surface area contributed by atoms with E-state index in [9.17, 15) is 9.59 Å². The summed E-state index contributed by atoms with van der Waals surface area (Å²) in [5.41, 5.74) is 6.22. The quantitative estimate of drug-likeness (QED) is 0.605. The smallest absolute Gasteiger partial charge is 0.291 e. The van der Waals surface area contributed by atoms with Gasteiger partial charge in [0.15, 0.2) is 12.4 Å². The molecule has 0 saturated carbocycles. The number of carbonyl (C=O) groups excluding carboxylic acids is 2. The zero-order chi connectivity index (χ0) is 18.9. The molecule has 2 rings (SSSR count). The highest BCUT2D eigenvalue weighted by Gasteiger charge is 2.13. The first-order valence-corrected chi connectivity index (χ1v) is 8.55. The second-order valence-corrected chi connectivity index (χ2v) is 6.38. The second kappa shape index (κ2) is 11.3. The van der Waals surface area contributed by atoms with Crippen LogP contribution in [0.5, 0.6) is 5.75 Å². The van der Waals surface area contributed by atoms with Gasteiger partial charge in [-0.2, -0.15) is 0 Å². The standard InChI is InChI=1S/C19H25N3O4.ClH/c1-13(2)9-15(11-20)21-18(23)12-26-16-6-3-5-14(10-16)22-19(24)17-7-4-8-25-17;/h3-8,10,13,15H,9,11-12,20H2,1-2H3,(H,21,23)(H,22,24);1H. The van der Waals surface area contributed by atoms with Crippen LogP contribution in [-0.2, 0) is 4.79 Å². The minimum atomic E-state index is -0.357. The van der Waals surface area contributed by atoms with E-state index in [1.54, 1.807) is 36.4 Å². The number of nitrogens with one attached hydrogen (secondary N) is 2. The third-order valence-electron chi connectivity index (χ3n) is 3.61. The SMILES string of the molecule is CC(C)CC(CN)NC(=O)COc1cccc(NC(=O)c2ccco2)c1.Cl. The zero-order valence-corrected chi connectivity index (χ0v) is 16.3. The second-order valence-electron chi connectivity index (χ2n) is 6.38. The van der Waals surface area contributed by atoms with E-state index >= 15 is 0 Å². The summed E-state index contributed by atoms with van der Waals surface area (Å²) in [7, 11) is 0. The Bertz CT molecular complexity index is 720. The van der Waals surface area contributed by atoms with Gasteiger partial charge in [-0.05, 0) is 36.6 Å². The van der Waals surface area contributed by atoms with Crippen LogP contribution in [0.3, 0.4) is 0 Å². The van der Waals surface area contributed by atoms with Gasteiger partial charge in [0.25, 0.3) is 11.8 Å². The fraction of sp³-hybridized carbons (Fsp3) is 0.368. The molecule has 0 aliphatic carbocycles. The zero-order valence-electron chi connectivity index (χ0n) is 15.4. The van der Waals surface area contributed by atoms with Crippen LogP contribution in [0.25, 0.3) is 0 Å². The first-order valence-electron chi connectivity index (χ1n) is 8.55. The predicted molar refractivity (Wildman–Crippen MR) is 106 cm³/mol. The molecule has 0 fully saturated rings. The Balaban J connectivity index is 0.00000364. The van der Waals surface area contributed by atoms with E-state index in [4.69, 9.17) is 14.9 Å². The Hall–Kier alpha value is -2.51. The predicted octanol–water partition coefficient (Wildman–Crippen LogP) is 2.82. The summed E-state index contributed by atoms with van der Waals surface area (Å²) < 4.78 is 10.5. The number of rotatable bonds is 9. The maximum Gasteiger partial charge on any atom is 0.291 e. The van der Waals surface area contributed by atoms with Crippen molar-refractivity contribution in [1.29, 1.82) is 0 Å². The average Bonchev–Trinajstić information content (AvgIpc) is 3.14. The first-order chi connectivity index (χ1) is 12.5. The lowest BCUT2D eigenvalue weighted by atomic mass is 10.0. The van der Waals surface area contributed by atoms with E-state index in [2.05, 4.69) is 24.5 Å². The number of furan rings is 1. The fourth-order valence-corrected chi connectivity index (χ4v) is 2.47. The monoisotopic (exact) mass is 395 g/mol. The molecule has 27 heavy (non-hydrogen) atoms. The van der Waals surface area contributed by atoms with E-state index in [0.717, 1.165) is 6.42 Å². The number of halogens is 1. The Morgan fingerprint density at radius 1 is 1.22 bits per heavy atom. The highest BCUT2D eigenvalue weighted by atomic mass is 35.5. The van der Waals surface area contributed by atoms with Crippen LogP contribution in [-0.4, -0.2) is 31.0 Å². The van der Waals surface area contributed by atoms with Gasteiger partial charge in [0, 0.05) is 24.3 Å². The first kappa shape index (κ1) is 22.5. The highest BCUT2D eigenvalue weighted by molar-refractivity contribution is 6.02. The summed E-state index contributed by atoms with van der Waals surface area (Å²) >= 11 is 0. The lowest BCUT2D eigenvalue weighted by Crippen LogP contribution is -2.43. The average molecular weight is 396 g/mol. The summed E-state index contributed by atoms with van der Waals surface area (Å²) in [4.78, 5) is 24.0. The molecule has 7 nitrogen and oxygen atoms in total. The van der Waals surface area contributed by atoms with Crippen LogP contribution < -0.4 is 21.1 Å². The van der Waals surface area contributed by atoms with Crippen LogP contribution in [0.15, 0.2) is 47.1 Å². The lowest BCUT2D eigenvalue weighted by molar-refractivity contribution is -0.123. The molecule has 1 heterocycles. The van der Waals surface area contributed by atoms with Crippen LogP contribution in [0, 0.1) is 5.92 Å². The molecular formula is C19H26ClN3O4. The Morgan fingerprint density at radius 3 is 2.63 bits per heavy atom. The van der Waals surface area contributed by atoms with Gasteiger partial charge in [-0.3, -0.25) is 9.59 Å². The van der Waals surface area contributed by atoms with Crippen LogP contribution in [0.2, 0.25) is 0 Å². The molecule has 0 aliphatic rings. The van der Waals surface area contributed by atoms with E-state index < -0.39 is 0 Å². The van der Waals surface area contributed by atoms with Crippen molar-refractivity contribution < 1.29 is 18.7 Å². The van der Waals surface area contributed by atoms with Gasteiger partial charge in [0.05, 0.1) is 6.26 Å². The highest BCUT2D eigenvalue weighted by Crippen LogP contribution is 2.18. The molecule has 1 aromatic carbocycles. The van der Waals surface area contributed by atoms with Crippen molar-refractivity contribution in [3.8, 4) is 5.75 Å². The number of hydrogen-bond acceptors (Lipinski definition) is 5. The molecule has 0 radical (unpaired) electrons. The Labute approximate surface area is 165 Å². The third kappa shape index (κ3) is 7.72. The van der Waals surface area contributed by atoms with Crippen molar-refractivity contribution in [1.82, 2.24) is 5.32 Å². The Kier molecular flexibility index (Phi) is 9.39. The van der Waals surface area contributed by atoms with Crippen molar-refractivity contribution in [2.75, 3.05) is 18.5 Å². The molecule has 1 atom stereocenters. The molecule has 1 unspecified atom stereocenters. The number of carbonyl (C=O) groups is 2. The maximum absolute atomic E-state index is 12.0. The topological polar surface area (TPSA) is 107 Å². The molecule has 8 heteroatoms. The summed E-state index contributed by atoms with van der Waals surface area (Å²) in [5.74, 6) is 0.550. The van der Waals surface area contributed by atoms with Gasteiger partial charge in [0.2, 0.25) is 0 Å². The molecule has 0 aliphatic heterocycles. The van der Waals surface area contributed by atoms with Crippen LogP contribution in [0.4, 0.5) is 5.69 Å². The molecule has 2 aromatic rings. The number of nitrogens with two attached hydrogens (primary N) is 1. The lowest BCUT2D eigenvalue weighted by Gasteiger charge is -2.19. The minimum Gasteiger partial charge on any atom is -0.484 e. The van der Waals surface area contributed by atoms with Gasteiger partial charge >= 0.3 is 0 Å². The molecule has 1 aromatic heterocycles. The number of amides is 2. The molecule has 0 saturated heterocycles. The van der Waals surface area contributed by atoms with E-state index in [1.165, 1.54) is 6.26 Å². The van der Waals surface area contributed by atoms with E-state index in [-0.39, 0.29) is 42.6 Å². The minimum absolute atomic E-state index is 0. The normalized spacial score (nSPS) is 11.4. The van der Waals surface area contributed by atoms with Gasteiger partial charge < -0.3 is 25.5 Å². The van der Waals surface area contributed by atoms with Crippen molar-refractivity contribution >= 4 is 29.9 Å². The molecule has 2 amide bonds. The number of anilines is 1. The third-order valence-corrected chi connectivity index (χ3v) is 3.61. The largest absolute Gasteiger partial charge is 0.484 e. The van der Waals surface area contributed by atoms with Crippen molar-refractivity contribution in [2.24, 2.45) is 11.7 Å². The van der Waals surface area contributed by atoms with Gasteiger partial charge in [-0.1, -0.05) is 19.9 Å². The Morgan fingerprint density at radius 2 is 2.00 bits per heavy atom. The van der Waals surface area contributed by atoms with Crippen LogP contribution in [0.1, 0.15) is 30.8 Å². The molecule has 0 bridgehead atoms. The van der Waals surface area contributed by atoms with E-state index in [1.807, 2.05) is 0 Å². The van der Waals surface area contributed by atoms with E-state index in [0.29, 0.717) is 23.9 Å². The maximum atomic E-state index is 12.0. The summed E-state index contributed by atoms with van der Waals surface area (Å²) in [6.45, 7) is 4.42. The van der Waals surface area contributed by atoms with Gasteiger partial charge in [-0.25, -0.2) is 0 Å². The van der Waals surface area contributed by atoms with Crippen LogP contribution >= 0.6 is 12.4 Å². The van der Waals surface area contributed by atoms with Gasteiger partial charge in [0.1, 0.15) is 5.75 Å². The molecular weight excluding hydrogens is 370 g/mol. The van der Waals surface area contributed by atoms with Gasteiger partial charge in [-0.15, -0.1) is 12.4 Å². The van der Waals surface area contributed by atoms with Crippen molar-refractivity contribution in [3.05, 3.63) is 48.4 Å². The molecule has 4 N–H and O–H groups in total. The number of hydrogen-bond donors (Lipinski definition) is 3. The molecule has 148 valence electrons. The summed E-state index contributed by atoms with van der Waals surface area (Å²) in [6.07, 6.45) is 2.25. The summed E-state index contributed by atoms with van der Waals surface area (Å²) in [6, 6.07) is 9.96. The van der Waals surface area contributed by atoms with Crippen molar-refractivity contribution in [3.63, 3.8) is 0 Å². The number of benzene rings is 1. The number of ether oxygens (including phenoxy) is 1. The van der Waals surface area contributed by atoms with Crippen molar-refractivity contribution in [2.45, 2.75) is 26.3 Å². The molecule has 0 spiro atoms.